The Labute approximate surface area is 188 Å². The Kier molecular flexibility index (Phi) is 6.24. The molecular weight excluding hydrogens is 460 g/mol. The number of methoxy groups -OCH3 is 1. The van der Waals surface area contributed by atoms with Crippen LogP contribution in [0.25, 0.3) is 10.6 Å². The van der Waals surface area contributed by atoms with E-state index < -0.39 is 15.9 Å². The second-order valence-electron chi connectivity index (χ2n) is 6.85. The quantitative estimate of drug-likeness (QED) is 0.576. The topological polar surface area (TPSA) is 101 Å². The van der Waals surface area contributed by atoms with Crippen LogP contribution in [0, 0.1) is 0 Å². The Balaban J connectivity index is 1.59. The maximum atomic E-state index is 12.9. The third-order valence-electron chi connectivity index (χ3n) is 4.86. The van der Waals surface area contributed by atoms with Crippen molar-refractivity contribution in [2.24, 2.45) is 0 Å². The number of carbonyl (C=O) groups is 1. The largest absolute Gasteiger partial charge is 0.496 e. The molecule has 162 valence electrons. The lowest BCUT2D eigenvalue weighted by molar-refractivity contribution is 0.102. The van der Waals surface area contributed by atoms with Gasteiger partial charge in [0.25, 0.3) is 5.91 Å². The van der Waals surface area contributed by atoms with Gasteiger partial charge in [0.05, 0.1) is 17.6 Å². The number of sulfonamides is 1. The number of hydrogen-bond donors (Lipinski definition) is 1. The number of nitrogens with one attached hydrogen (secondary N) is 1. The van der Waals surface area contributed by atoms with Crippen molar-refractivity contribution in [1.82, 2.24) is 14.5 Å². The molecule has 1 aliphatic heterocycles. The first-order chi connectivity index (χ1) is 14.9. The maximum absolute atomic E-state index is 12.9. The van der Waals surface area contributed by atoms with Crippen LogP contribution in [0.4, 0.5) is 5.13 Å². The summed E-state index contributed by atoms with van der Waals surface area (Å²) in [5.74, 6) is -0.269. The summed E-state index contributed by atoms with van der Waals surface area (Å²) < 4.78 is 32.4. The third-order valence-corrected chi connectivity index (χ3v) is 7.89. The first kappa shape index (κ1) is 21.7. The summed E-state index contributed by atoms with van der Waals surface area (Å²) in [6.45, 7) is 0.961. The van der Waals surface area contributed by atoms with Crippen LogP contribution in [0.2, 0.25) is 5.02 Å². The SMILES string of the molecule is COc1ccc(S(=O)(=O)N2CCCC2)cc1C(=O)Nc1nnc(-c2ccc(Cl)cc2)s1. The maximum Gasteiger partial charge on any atom is 0.261 e. The number of carbonyl (C=O) groups excluding carboxylic acids is 1. The molecule has 11 heteroatoms. The monoisotopic (exact) mass is 478 g/mol. The average molecular weight is 479 g/mol. The van der Waals surface area contributed by atoms with Gasteiger partial charge in [0, 0.05) is 23.7 Å². The number of benzene rings is 2. The van der Waals surface area contributed by atoms with Crippen molar-refractivity contribution in [3.63, 3.8) is 0 Å². The highest BCUT2D eigenvalue weighted by atomic mass is 35.5. The first-order valence-corrected chi connectivity index (χ1v) is 12.1. The van der Waals surface area contributed by atoms with Gasteiger partial charge in [0.1, 0.15) is 10.8 Å². The molecule has 2 aromatic carbocycles. The van der Waals surface area contributed by atoms with Gasteiger partial charge in [-0.25, -0.2) is 8.42 Å². The van der Waals surface area contributed by atoms with Crippen molar-refractivity contribution in [2.45, 2.75) is 17.7 Å². The summed E-state index contributed by atoms with van der Waals surface area (Å²) in [4.78, 5) is 13.0. The number of rotatable bonds is 6. The summed E-state index contributed by atoms with van der Waals surface area (Å²) in [5.41, 5.74) is 0.921. The van der Waals surface area contributed by atoms with Gasteiger partial charge in [-0.1, -0.05) is 35.1 Å². The standard InChI is InChI=1S/C20H19ClN4O4S2/c1-29-17-9-8-15(31(27,28)25-10-2-3-11-25)12-16(17)18(26)22-20-24-23-19(30-20)13-4-6-14(21)7-5-13/h4-9,12H,2-3,10-11H2,1H3,(H,22,24,26). The zero-order valence-corrected chi connectivity index (χ0v) is 18.9. The summed E-state index contributed by atoms with van der Waals surface area (Å²) in [7, 11) is -2.25. The molecule has 0 unspecified atom stereocenters. The van der Waals surface area contributed by atoms with Gasteiger partial charge < -0.3 is 4.74 Å². The predicted molar refractivity (Wildman–Crippen MR) is 119 cm³/mol. The molecule has 1 fully saturated rings. The fourth-order valence-corrected chi connectivity index (χ4v) is 5.66. The highest BCUT2D eigenvalue weighted by molar-refractivity contribution is 7.89. The Morgan fingerprint density at radius 2 is 1.84 bits per heavy atom. The van der Waals surface area contributed by atoms with E-state index in [0.29, 0.717) is 23.1 Å². The van der Waals surface area contributed by atoms with Crippen LogP contribution in [-0.2, 0) is 10.0 Å². The van der Waals surface area contributed by atoms with Gasteiger partial charge >= 0.3 is 0 Å². The first-order valence-electron chi connectivity index (χ1n) is 9.47. The van der Waals surface area contributed by atoms with Crippen molar-refractivity contribution in [3.8, 4) is 16.3 Å². The fourth-order valence-electron chi connectivity index (χ4n) is 3.25. The minimum absolute atomic E-state index is 0.0551. The molecule has 0 atom stereocenters. The minimum atomic E-state index is -3.67. The normalized spacial score (nSPS) is 14.5. The minimum Gasteiger partial charge on any atom is -0.496 e. The van der Waals surface area contributed by atoms with Crippen molar-refractivity contribution in [2.75, 3.05) is 25.5 Å². The molecule has 0 saturated carbocycles. The molecule has 1 aromatic heterocycles. The molecule has 0 aliphatic carbocycles. The van der Waals surface area contributed by atoms with Gasteiger partial charge in [-0.05, 0) is 43.2 Å². The molecule has 0 bridgehead atoms. The van der Waals surface area contributed by atoms with E-state index in [-0.39, 0.29) is 21.3 Å². The van der Waals surface area contributed by atoms with Crippen LogP contribution < -0.4 is 10.1 Å². The van der Waals surface area contributed by atoms with E-state index in [1.54, 1.807) is 12.1 Å². The number of halogens is 1. The molecule has 1 N–H and O–H groups in total. The molecule has 1 amide bonds. The van der Waals surface area contributed by atoms with Gasteiger partial charge in [0.15, 0.2) is 0 Å². The van der Waals surface area contributed by atoms with Gasteiger partial charge in [-0.15, -0.1) is 10.2 Å². The van der Waals surface area contributed by atoms with Crippen LogP contribution in [-0.4, -0.2) is 49.0 Å². The number of amides is 1. The summed E-state index contributed by atoms with van der Waals surface area (Å²) in [6, 6.07) is 11.4. The summed E-state index contributed by atoms with van der Waals surface area (Å²) >= 11 is 7.10. The van der Waals surface area contributed by atoms with E-state index in [9.17, 15) is 13.2 Å². The van der Waals surface area contributed by atoms with Crippen LogP contribution in [0.5, 0.6) is 5.75 Å². The molecule has 1 saturated heterocycles. The molecular formula is C20H19ClN4O4S2. The Hall–Kier alpha value is -2.53. The molecule has 1 aliphatic rings. The van der Waals surface area contributed by atoms with E-state index in [2.05, 4.69) is 15.5 Å². The van der Waals surface area contributed by atoms with E-state index >= 15 is 0 Å². The van der Waals surface area contributed by atoms with Gasteiger partial charge in [-0.3, -0.25) is 10.1 Å². The number of anilines is 1. The van der Waals surface area contributed by atoms with Crippen LogP contribution in [0.15, 0.2) is 47.4 Å². The third kappa shape index (κ3) is 4.57. The highest BCUT2D eigenvalue weighted by Crippen LogP contribution is 2.30. The molecule has 0 spiro atoms. The predicted octanol–water partition coefficient (Wildman–Crippen LogP) is 3.90. The van der Waals surface area contributed by atoms with Gasteiger partial charge in [0.2, 0.25) is 15.2 Å². The van der Waals surface area contributed by atoms with Crippen LogP contribution in [0.3, 0.4) is 0 Å². The summed E-state index contributed by atoms with van der Waals surface area (Å²) in [6.07, 6.45) is 1.66. The van der Waals surface area contributed by atoms with Crippen LogP contribution in [0.1, 0.15) is 23.2 Å². The van der Waals surface area contributed by atoms with E-state index in [1.165, 1.54) is 41.0 Å². The summed E-state index contributed by atoms with van der Waals surface area (Å²) in [5, 5.41) is 12.3. The lowest BCUT2D eigenvalue weighted by atomic mass is 10.2. The number of nitrogens with zero attached hydrogens (tertiary/aromatic N) is 3. The second-order valence-corrected chi connectivity index (χ2v) is 10.2. The van der Waals surface area contributed by atoms with Crippen molar-refractivity contribution in [3.05, 3.63) is 53.1 Å². The lowest BCUT2D eigenvalue weighted by Gasteiger charge is -2.17. The lowest BCUT2D eigenvalue weighted by Crippen LogP contribution is -2.28. The van der Waals surface area contributed by atoms with E-state index in [4.69, 9.17) is 16.3 Å². The zero-order chi connectivity index (χ0) is 22.0. The average Bonchev–Trinajstić information content (AvgIpc) is 3.46. The Morgan fingerprint density at radius 3 is 2.52 bits per heavy atom. The van der Waals surface area contributed by atoms with Crippen molar-refractivity contribution < 1.29 is 17.9 Å². The molecule has 31 heavy (non-hydrogen) atoms. The zero-order valence-electron chi connectivity index (χ0n) is 16.5. The number of hydrogen-bond acceptors (Lipinski definition) is 7. The van der Waals surface area contributed by atoms with Crippen molar-refractivity contribution in [1.29, 1.82) is 0 Å². The Bertz CT molecular complexity index is 1210. The fraction of sp³-hybridized carbons (Fsp3) is 0.250. The van der Waals surface area contributed by atoms with Crippen molar-refractivity contribution >= 4 is 44.0 Å². The van der Waals surface area contributed by atoms with Crippen LogP contribution >= 0.6 is 22.9 Å². The smallest absolute Gasteiger partial charge is 0.261 e. The van der Waals surface area contributed by atoms with E-state index in [0.717, 1.165) is 18.4 Å². The molecule has 2 heterocycles. The molecule has 0 radical (unpaired) electrons. The molecule has 8 nitrogen and oxygen atoms in total. The second kappa shape index (κ2) is 8.91. The molecule has 3 aromatic rings. The number of ether oxygens (including phenoxy) is 1. The van der Waals surface area contributed by atoms with E-state index in [1.807, 2.05) is 12.1 Å². The molecule has 4 rings (SSSR count). The van der Waals surface area contributed by atoms with Gasteiger partial charge in [-0.2, -0.15) is 4.31 Å². The Morgan fingerprint density at radius 1 is 1.13 bits per heavy atom. The number of aromatic nitrogens is 2. The highest BCUT2D eigenvalue weighted by Gasteiger charge is 2.28.